The zero-order valence-electron chi connectivity index (χ0n) is 11.6. The molecule has 0 unspecified atom stereocenters. The van der Waals surface area contributed by atoms with Crippen LogP contribution >= 0.6 is 11.6 Å². The van der Waals surface area contributed by atoms with E-state index >= 15 is 0 Å². The summed E-state index contributed by atoms with van der Waals surface area (Å²) >= 11 is 5.80. The normalized spacial score (nSPS) is 11.1. The minimum Gasteiger partial charge on any atom is -0.389 e. The fourth-order valence-corrected chi connectivity index (χ4v) is 1.66. The van der Waals surface area contributed by atoms with Crippen molar-refractivity contribution < 1.29 is 4.79 Å². The highest BCUT2D eigenvalue weighted by Crippen LogP contribution is 2.09. The molecule has 0 saturated carbocycles. The third-order valence-corrected chi connectivity index (χ3v) is 2.75. The molecule has 1 aromatic carbocycles. The zero-order valence-corrected chi connectivity index (χ0v) is 12.4. The zero-order chi connectivity index (χ0) is 15.0. The second-order valence-electron chi connectivity index (χ2n) is 4.63. The van der Waals surface area contributed by atoms with Gasteiger partial charge in [-0.15, -0.1) is 0 Å². The van der Waals surface area contributed by atoms with Crippen LogP contribution < -0.4 is 10.6 Å². The van der Waals surface area contributed by atoms with Crippen molar-refractivity contribution in [3.8, 4) is 6.07 Å². The van der Waals surface area contributed by atoms with Crippen molar-refractivity contribution in [3.05, 3.63) is 46.6 Å². The number of carbonyl (C=O) groups is 1. The molecule has 0 atom stereocenters. The summed E-state index contributed by atoms with van der Waals surface area (Å²) in [6.07, 6.45) is 2.24. The molecule has 0 aliphatic carbocycles. The maximum Gasteiger partial charge on any atom is 0.263 e. The number of carbonyl (C=O) groups excluding carboxylic acids is 1. The molecule has 0 fully saturated rings. The van der Waals surface area contributed by atoms with Gasteiger partial charge < -0.3 is 10.6 Å². The molecule has 0 bridgehead atoms. The summed E-state index contributed by atoms with van der Waals surface area (Å²) in [6.45, 7) is 4.34. The minimum absolute atomic E-state index is 0.00770. The Balaban J connectivity index is 2.44. The Morgan fingerprint density at radius 2 is 2.05 bits per heavy atom. The van der Waals surface area contributed by atoms with Crippen molar-refractivity contribution >= 4 is 17.5 Å². The lowest BCUT2D eigenvalue weighted by molar-refractivity contribution is -0.117. The lowest BCUT2D eigenvalue weighted by Crippen LogP contribution is -2.31. The Kier molecular flexibility index (Phi) is 6.61. The van der Waals surface area contributed by atoms with Crippen LogP contribution in [0, 0.1) is 11.3 Å². The Bertz CT molecular complexity index is 515. The Morgan fingerprint density at radius 1 is 1.40 bits per heavy atom. The van der Waals surface area contributed by atoms with Gasteiger partial charge in [-0.1, -0.05) is 23.7 Å². The first-order chi connectivity index (χ1) is 9.52. The molecule has 0 aliphatic rings. The van der Waals surface area contributed by atoms with Crippen LogP contribution in [0.3, 0.4) is 0 Å². The molecule has 106 valence electrons. The SMILES string of the molecule is CC(C)NC(=O)/C(C#N)=C\NCCc1ccc(Cl)cc1. The number of nitrogens with zero attached hydrogens (tertiary/aromatic N) is 1. The van der Waals surface area contributed by atoms with Crippen molar-refractivity contribution in [2.75, 3.05) is 6.54 Å². The number of hydrogen-bond acceptors (Lipinski definition) is 3. The van der Waals surface area contributed by atoms with Crippen molar-refractivity contribution in [1.29, 1.82) is 5.26 Å². The monoisotopic (exact) mass is 291 g/mol. The van der Waals surface area contributed by atoms with Gasteiger partial charge in [0.2, 0.25) is 0 Å². The maximum absolute atomic E-state index is 11.6. The predicted molar refractivity (Wildman–Crippen MR) is 80.1 cm³/mol. The molecular weight excluding hydrogens is 274 g/mol. The highest BCUT2D eigenvalue weighted by molar-refractivity contribution is 6.30. The van der Waals surface area contributed by atoms with E-state index < -0.39 is 0 Å². The molecule has 1 rings (SSSR count). The summed E-state index contributed by atoms with van der Waals surface area (Å²) < 4.78 is 0. The average Bonchev–Trinajstić information content (AvgIpc) is 2.40. The molecular formula is C15H18ClN3O. The molecule has 2 N–H and O–H groups in total. The Morgan fingerprint density at radius 3 is 2.60 bits per heavy atom. The lowest BCUT2D eigenvalue weighted by Gasteiger charge is -2.07. The van der Waals surface area contributed by atoms with Crippen LogP contribution in [0.15, 0.2) is 36.0 Å². The van der Waals surface area contributed by atoms with Gasteiger partial charge in [-0.05, 0) is 38.0 Å². The lowest BCUT2D eigenvalue weighted by atomic mass is 10.1. The number of hydrogen-bond donors (Lipinski definition) is 2. The van der Waals surface area contributed by atoms with E-state index in [0.29, 0.717) is 11.6 Å². The predicted octanol–water partition coefficient (Wildman–Crippen LogP) is 2.40. The van der Waals surface area contributed by atoms with E-state index in [2.05, 4.69) is 10.6 Å². The Hall–Kier alpha value is -1.99. The standard InChI is InChI=1S/C15H18ClN3O/c1-11(2)19-15(20)13(9-17)10-18-8-7-12-3-5-14(16)6-4-12/h3-6,10-11,18H,7-8H2,1-2H3,(H,19,20)/b13-10-. The Labute approximate surface area is 124 Å². The van der Waals surface area contributed by atoms with E-state index in [1.54, 1.807) is 0 Å². The van der Waals surface area contributed by atoms with Crippen LogP contribution in [0.4, 0.5) is 0 Å². The molecule has 1 aromatic rings. The van der Waals surface area contributed by atoms with Crippen molar-refractivity contribution in [3.63, 3.8) is 0 Å². The first kappa shape index (κ1) is 16.1. The molecule has 0 radical (unpaired) electrons. The quantitative estimate of drug-likeness (QED) is 0.480. The highest BCUT2D eigenvalue weighted by atomic mass is 35.5. The van der Waals surface area contributed by atoms with Gasteiger partial charge in [-0.25, -0.2) is 0 Å². The number of nitrogens with one attached hydrogen (secondary N) is 2. The van der Waals surface area contributed by atoms with Crippen LogP contribution in [0.1, 0.15) is 19.4 Å². The fraction of sp³-hybridized carbons (Fsp3) is 0.333. The molecule has 1 amide bonds. The average molecular weight is 292 g/mol. The van der Waals surface area contributed by atoms with Crippen LogP contribution in [0.2, 0.25) is 5.02 Å². The topological polar surface area (TPSA) is 64.9 Å². The summed E-state index contributed by atoms with van der Waals surface area (Å²) in [5.74, 6) is -0.360. The van der Waals surface area contributed by atoms with E-state index in [0.717, 1.165) is 12.0 Å². The summed E-state index contributed by atoms with van der Waals surface area (Å²) in [5.41, 5.74) is 1.22. The van der Waals surface area contributed by atoms with Crippen molar-refractivity contribution in [2.24, 2.45) is 0 Å². The second kappa shape index (κ2) is 8.23. The van der Waals surface area contributed by atoms with Gasteiger partial charge in [-0.3, -0.25) is 4.79 Å². The molecule has 5 heteroatoms. The van der Waals surface area contributed by atoms with Gasteiger partial charge in [0, 0.05) is 23.8 Å². The van der Waals surface area contributed by atoms with Gasteiger partial charge in [0.1, 0.15) is 11.6 Å². The van der Waals surface area contributed by atoms with Crippen LogP contribution in [-0.2, 0) is 11.2 Å². The maximum atomic E-state index is 11.6. The molecule has 0 spiro atoms. The third kappa shape index (κ3) is 5.77. The van der Waals surface area contributed by atoms with Crippen molar-refractivity contribution in [2.45, 2.75) is 26.3 Å². The van der Waals surface area contributed by atoms with E-state index in [-0.39, 0.29) is 17.5 Å². The van der Waals surface area contributed by atoms with Gasteiger partial charge in [0.25, 0.3) is 5.91 Å². The first-order valence-corrected chi connectivity index (χ1v) is 6.79. The summed E-state index contributed by atoms with van der Waals surface area (Å²) in [6, 6.07) is 9.46. The molecule has 4 nitrogen and oxygen atoms in total. The number of nitriles is 1. The largest absolute Gasteiger partial charge is 0.389 e. The van der Waals surface area contributed by atoms with Crippen molar-refractivity contribution in [1.82, 2.24) is 10.6 Å². The molecule has 20 heavy (non-hydrogen) atoms. The minimum atomic E-state index is -0.360. The van der Waals surface area contributed by atoms with E-state index in [4.69, 9.17) is 16.9 Å². The van der Waals surface area contributed by atoms with Crippen LogP contribution in [0.25, 0.3) is 0 Å². The van der Waals surface area contributed by atoms with E-state index in [1.807, 2.05) is 44.2 Å². The smallest absolute Gasteiger partial charge is 0.263 e. The fourth-order valence-electron chi connectivity index (χ4n) is 1.53. The van der Waals surface area contributed by atoms with Gasteiger partial charge in [-0.2, -0.15) is 5.26 Å². The first-order valence-electron chi connectivity index (χ1n) is 6.42. The van der Waals surface area contributed by atoms with E-state index in [9.17, 15) is 4.79 Å². The number of halogens is 1. The summed E-state index contributed by atoms with van der Waals surface area (Å²) in [7, 11) is 0. The summed E-state index contributed by atoms with van der Waals surface area (Å²) in [4.78, 5) is 11.6. The summed E-state index contributed by atoms with van der Waals surface area (Å²) in [5, 5.41) is 15.3. The number of rotatable bonds is 6. The van der Waals surface area contributed by atoms with Gasteiger partial charge >= 0.3 is 0 Å². The second-order valence-corrected chi connectivity index (χ2v) is 5.07. The molecule has 0 aliphatic heterocycles. The molecule has 0 heterocycles. The number of benzene rings is 1. The number of amides is 1. The third-order valence-electron chi connectivity index (χ3n) is 2.50. The van der Waals surface area contributed by atoms with Gasteiger partial charge in [0.15, 0.2) is 0 Å². The van der Waals surface area contributed by atoms with Crippen LogP contribution in [-0.4, -0.2) is 18.5 Å². The highest BCUT2D eigenvalue weighted by Gasteiger charge is 2.09. The molecule has 0 saturated heterocycles. The van der Waals surface area contributed by atoms with Crippen LogP contribution in [0.5, 0.6) is 0 Å². The molecule has 0 aromatic heterocycles. The van der Waals surface area contributed by atoms with E-state index in [1.165, 1.54) is 6.20 Å². The van der Waals surface area contributed by atoms with Gasteiger partial charge in [0.05, 0.1) is 0 Å².